The van der Waals surface area contributed by atoms with Crippen LogP contribution in [0.3, 0.4) is 0 Å². The molecule has 0 aromatic heterocycles. The van der Waals surface area contributed by atoms with E-state index in [1.54, 1.807) is 0 Å². The number of halogens is 1. The average Bonchev–Trinajstić information content (AvgIpc) is 3.31. The molecule has 0 spiro atoms. The van der Waals surface area contributed by atoms with Crippen LogP contribution in [-0.2, 0) is 20.5 Å². The first-order chi connectivity index (χ1) is 13.2. The molecule has 1 aliphatic heterocycles. The molecule has 4 aliphatic carbocycles. The summed E-state index contributed by atoms with van der Waals surface area (Å²) in [5, 5.41) is 3.17. The van der Waals surface area contributed by atoms with Crippen molar-refractivity contribution in [2.24, 2.45) is 23.0 Å². The van der Waals surface area contributed by atoms with Gasteiger partial charge in [-0.05, 0) is 61.8 Å². The quantitative estimate of drug-likeness (QED) is 0.721. The van der Waals surface area contributed by atoms with Gasteiger partial charge in [0.25, 0.3) is 0 Å². The highest BCUT2D eigenvalue weighted by Gasteiger charge is 2.68. The van der Waals surface area contributed by atoms with Crippen molar-refractivity contribution in [3.8, 4) is 0 Å². The first-order valence-electron chi connectivity index (χ1n) is 10.7. The Balaban J connectivity index is 0.00000205. The van der Waals surface area contributed by atoms with Crippen molar-refractivity contribution >= 4 is 25.4 Å². The van der Waals surface area contributed by atoms with Crippen molar-refractivity contribution in [3.05, 3.63) is 35.9 Å². The van der Waals surface area contributed by atoms with Crippen LogP contribution in [0.15, 0.2) is 30.3 Å². The molecule has 2 bridgehead atoms. The SMILES string of the molecule is CC1(C)[C@@H]2C[C@H]3OB([C@H](Cc4ccccc4)NC(=O)C4(N)CC4)O[C@@]3(C)[C@H]1C2.Cl. The van der Waals surface area contributed by atoms with E-state index in [4.69, 9.17) is 15.0 Å². The Hall–Kier alpha value is -1.08. The Morgan fingerprint density at radius 2 is 1.93 bits per heavy atom. The van der Waals surface area contributed by atoms with E-state index in [-0.39, 0.29) is 36.0 Å². The van der Waals surface area contributed by atoms with Crippen molar-refractivity contribution in [1.82, 2.24) is 5.32 Å². The lowest BCUT2D eigenvalue weighted by atomic mass is 9.43. The zero-order chi connectivity index (χ0) is 19.7. The van der Waals surface area contributed by atoms with Gasteiger partial charge in [0.05, 0.1) is 23.2 Å². The van der Waals surface area contributed by atoms with Gasteiger partial charge in [-0.3, -0.25) is 4.79 Å². The molecule has 7 heteroatoms. The van der Waals surface area contributed by atoms with Gasteiger partial charge in [-0.15, -0.1) is 12.4 Å². The Kier molecular flexibility index (Phi) is 5.09. The predicted molar refractivity (Wildman–Crippen MR) is 116 cm³/mol. The molecule has 5 atom stereocenters. The number of hydrogen-bond donors (Lipinski definition) is 2. The number of hydrogen-bond acceptors (Lipinski definition) is 4. The van der Waals surface area contributed by atoms with Gasteiger partial charge < -0.3 is 20.4 Å². The molecule has 1 aromatic rings. The lowest BCUT2D eigenvalue weighted by Crippen LogP contribution is -2.65. The van der Waals surface area contributed by atoms with Crippen molar-refractivity contribution in [2.75, 3.05) is 0 Å². The second kappa shape index (κ2) is 6.98. The van der Waals surface area contributed by atoms with Crippen LogP contribution < -0.4 is 11.1 Å². The molecular weight excluding hydrogens is 387 g/mol. The van der Waals surface area contributed by atoms with Gasteiger partial charge in [0.15, 0.2) is 0 Å². The molecule has 5 aliphatic rings. The second-order valence-corrected chi connectivity index (χ2v) is 10.3. The minimum atomic E-state index is -0.701. The fourth-order valence-corrected chi connectivity index (χ4v) is 5.83. The number of carbonyl (C=O) groups excluding carboxylic acids is 1. The van der Waals surface area contributed by atoms with Crippen LogP contribution in [0.4, 0.5) is 0 Å². The van der Waals surface area contributed by atoms with Crippen LogP contribution in [0.2, 0.25) is 0 Å². The molecule has 1 aromatic carbocycles. The summed E-state index contributed by atoms with van der Waals surface area (Å²) in [5.41, 5.74) is 6.63. The van der Waals surface area contributed by atoms with Crippen LogP contribution in [0.25, 0.3) is 0 Å². The maximum absolute atomic E-state index is 12.7. The number of benzene rings is 1. The zero-order valence-electron chi connectivity index (χ0n) is 17.5. The average molecular weight is 419 g/mol. The van der Waals surface area contributed by atoms with E-state index in [9.17, 15) is 4.79 Å². The van der Waals surface area contributed by atoms with E-state index in [1.807, 2.05) is 18.2 Å². The van der Waals surface area contributed by atoms with Gasteiger partial charge in [-0.25, -0.2) is 0 Å². The van der Waals surface area contributed by atoms with Crippen molar-refractivity contribution in [3.63, 3.8) is 0 Å². The monoisotopic (exact) mass is 418 g/mol. The second-order valence-electron chi connectivity index (χ2n) is 10.3. The minimum absolute atomic E-state index is 0. The van der Waals surface area contributed by atoms with E-state index in [0.717, 1.165) is 24.8 Å². The van der Waals surface area contributed by atoms with E-state index < -0.39 is 12.7 Å². The molecule has 5 fully saturated rings. The van der Waals surface area contributed by atoms with E-state index in [0.29, 0.717) is 23.7 Å². The maximum Gasteiger partial charge on any atom is 0.482 e. The third-order valence-corrected chi connectivity index (χ3v) is 8.15. The smallest absolute Gasteiger partial charge is 0.404 e. The Labute approximate surface area is 180 Å². The van der Waals surface area contributed by atoms with Gasteiger partial charge in [0, 0.05) is 0 Å². The topological polar surface area (TPSA) is 73.6 Å². The van der Waals surface area contributed by atoms with Gasteiger partial charge in [0.1, 0.15) is 0 Å². The Morgan fingerprint density at radius 3 is 2.55 bits per heavy atom. The van der Waals surface area contributed by atoms with Crippen LogP contribution in [0.5, 0.6) is 0 Å². The first-order valence-corrected chi connectivity index (χ1v) is 10.7. The van der Waals surface area contributed by atoms with E-state index in [1.165, 1.54) is 6.42 Å². The van der Waals surface area contributed by atoms with Gasteiger partial charge in [-0.2, -0.15) is 0 Å². The first kappa shape index (κ1) is 21.2. The van der Waals surface area contributed by atoms with Gasteiger partial charge in [-0.1, -0.05) is 44.2 Å². The fourth-order valence-electron chi connectivity index (χ4n) is 5.83. The zero-order valence-corrected chi connectivity index (χ0v) is 18.3. The Bertz CT molecular complexity index is 788. The summed E-state index contributed by atoms with van der Waals surface area (Å²) in [6.07, 6.45) is 4.55. The number of carbonyl (C=O) groups is 1. The van der Waals surface area contributed by atoms with Crippen molar-refractivity contribution in [2.45, 2.75) is 76.1 Å². The van der Waals surface area contributed by atoms with Crippen LogP contribution in [-0.4, -0.2) is 36.2 Å². The van der Waals surface area contributed by atoms with Crippen LogP contribution in [0, 0.1) is 17.3 Å². The fraction of sp³-hybridized carbons (Fsp3) is 0.682. The van der Waals surface area contributed by atoms with Crippen molar-refractivity contribution in [1.29, 1.82) is 0 Å². The molecule has 158 valence electrons. The lowest BCUT2D eigenvalue weighted by molar-refractivity contribution is -0.199. The number of rotatable bonds is 5. The molecule has 5 nitrogen and oxygen atoms in total. The predicted octanol–water partition coefficient (Wildman–Crippen LogP) is 2.89. The highest BCUT2D eigenvalue weighted by molar-refractivity contribution is 6.48. The highest BCUT2D eigenvalue weighted by Crippen LogP contribution is 2.65. The number of amides is 1. The molecule has 4 saturated carbocycles. The molecule has 6 rings (SSSR count). The van der Waals surface area contributed by atoms with E-state index in [2.05, 4.69) is 38.2 Å². The Morgan fingerprint density at radius 1 is 1.24 bits per heavy atom. The molecular formula is C22H32BClN2O3. The van der Waals surface area contributed by atoms with Gasteiger partial charge in [0.2, 0.25) is 5.91 Å². The highest BCUT2D eigenvalue weighted by atomic mass is 35.5. The number of nitrogens with one attached hydrogen (secondary N) is 1. The van der Waals surface area contributed by atoms with Crippen LogP contribution in [0.1, 0.15) is 52.0 Å². The third kappa shape index (κ3) is 3.33. The summed E-state index contributed by atoms with van der Waals surface area (Å²) in [7, 11) is -0.434. The largest absolute Gasteiger partial charge is 0.482 e. The molecule has 1 amide bonds. The number of nitrogens with two attached hydrogens (primary N) is 1. The van der Waals surface area contributed by atoms with Crippen molar-refractivity contribution < 1.29 is 14.1 Å². The maximum atomic E-state index is 12.7. The third-order valence-electron chi connectivity index (χ3n) is 8.15. The standard InChI is InChI=1S/C22H31BN2O3.ClH/c1-20(2)15-12-16(20)21(3)17(13-15)27-23(28-21)18(11-14-7-5-4-6-8-14)25-19(26)22(24)9-10-22;/h4-8,15-18H,9-13,24H2,1-3H3,(H,25,26);1H/t15-,16-,17+,18-,21-;/m0./s1. The molecule has 1 heterocycles. The summed E-state index contributed by atoms with van der Waals surface area (Å²) in [5.74, 6) is 0.897. The molecule has 3 N–H and O–H groups in total. The summed E-state index contributed by atoms with van der Waals surface area (Å²) in [4.78, 5) is 12.7. The van der Waals surface area contributed by atoms with E-state index >= 15 is 0 Å². The summed E-state index contributed by atoms with van der Waals surface area (Å²) in [6, 6.07) is 10.2. The molecule has 1 saturated heterocycles. The normalized spacial score (nSPS) is 36.3. The molecule has 0 unspecified atom stereocenters. The van der Waals surface area contributed by atoms with Gasteiger partial charge >= 0.3 is 7.12 Å². The molecule has 29 heavy (non-hydrogen) atoms. The lowest BCUT2D eigenvalue weighted by Gasteiger charge is -2.64. The van der Waals surface area contributed by atoms with Crippen LogP contribution >= 0.6 is 12.4 Å². The summed E-state index contributed by atoms with van der Waals surface area (Å²) >= 11 is 0. The summed E-state index contributed by atoms with van der Waals surface area (Å²) < 4.78 is 13.1. The summed E-state index contributed by atoms with van der Waals surface area (Å²) in [6.45, 7) is 6.93. The molecule has 0 radical (unpaired) electrons. The minimum Gasteiger partial charge on any atom is -0.404 e.